The van der Waals surface area contributed by atoms with Crippen LogP contribution in [0, 0.1) is 0 Å². The maximum absolute atomic E-state index is 12.1. The summed E-state index contributed by atoms with van der Waals surface area (Å²) >= 11 is 0. The van der Waals surface area contributed by atoms with Crippen molar-refractivity contribution >= 4 is 17.5 Å². The Morgan fingerprint density at radius 3 is 2.52 bits per heavy atom. The molecule has 1 unspecified atom stereocenters. The van der Waals surface area contributed by atoms with Crippen LogP contribution in [0.5, 0.6) is 0 Å². The van der Waals surface area contributed by atoms with Crippen molar-refractivity contribution < 1.29 is 9.53 Å². The molecule has 2 saturated heterocycles. The smallest absolute Gasteiger partial charge is 0.409 e. The molecule has 2 aliphatic heterocycles. The van der Waals surface area contributed by atoms with Crippen LogP contribution in [0.2, 0.25) is 0 Å². The molecule has 2 aliphatic rings. The van der Waals surface area contributed by atoms with Crippen molar-refractivity contribution in [1.29, 1.82) is 0 Å². The minimum atomic E-state index is -0.426. The number of rotatable bonds is 6. The lowest BCUT2D eigenvalue weighted by Gasteiger charge is -2.36. The van der Waals surface area contributed by atoms with Gasteiger partial charge in [-0.15, -0.1) is 0 Å². The summed E-state index contributed by atoms with van der Waals surface area (Å²) in [6.45, 7) is 9.03. The van der Waals surface area contributed by atoms with Gasteiger partial charge in [0.25, 0.3) is 10.9 Å². The number of anilines is 2. The molecule has 0 saturated carbocycles. The maximum atomic E-state index is 12.1. The Kier molecular flexibility index (Phi) is 6.36. The van der Waals surface area contributed by atoms with Crippen molar-refractivity contribution in [2.45, 2.75) is 39.2 Å². The van der Waals surface area contributed by atoms with E-state index < -0.39 is 10.9 Å². The number of hydrogen-bond donors (Lipinski definition) is 1. The molecule has 8 heteroatoms. The molecule has 0 radical (unpaired) electrons. The first-order valence-corrected chi connectivity index (χ1v) is 10.0. The van der Waals surface area contributed by atoms with Crippen LogP contribution in [0.25, 0.3) is 0 Å². The number of piperidine rings is 1. The Bertz CT molecular complexity index is 720. The third kappa shape index (κ3) is 4.26. The Balaban J connectivity index is 1.54. The summed E-state index contributed by atoms with van der Waals surface area (Å²) in [5, 5.41) is 3.19. The number of amides is 1. The van der Waals surface area contributed by atoms with E-state index in [1.54, 1.807) is 11.8 Å². The highest BCUT2D eigenvalue weighted by molar-refractivity contribution is 5.76. The zero-order valence-electron chi connectivity index (χ0n) is 16.3. The van der Waals surface area contributed by atoms with Gasteiger partial charge in [0.1, 0.15) is 11.4 Å². The molecule has 8 nitrogen and oxygen atoms in total. The predicted molar refractivity (Wildman–Crippen MR) is 106 cm³/mol. The SMILES string of the molecule is CCOC(=O)N1CCN(c2c(NCCN3CCCCC3C)c(=O)c2=O)CC1. The number of piperazine rings is 1. The van der Waals surface area contributed by atoms with Crippen LogP contribution < -0.4 is 21.1 Å². The molecule has 1 aromatic rings. The van der Waals surface area contributed by atoms with Crippen molar-refractivity contribution in [1.82, 2.24) is 9.80 Å². The molecule has 150 valence electrons. The standard InChI is InChI=1S/C19H30N4O4/c1-3-27-19(26)23-12-10-22(11-13-23)16-15(17(24)18(16)25)20-7-9-21-8-5-4-6-14(21)2/h14,20H,3-13H2,1-2H3. The Morgan fingerprint density at radius 2 is 1.85 bits per heavy atom. The van der Waals surface area contributed by atoms with E-state index in [0.717, 1.165) is 13.1 Å². The van der Waals surface area contributed by atoms with Gasteiger partial charge in [0.2, 0.25) is 0 Å². The van der Waals surface area contributed by atoms with E-state index in [2.05, 4.69) is 17.1 Å². The van der Waals surface area contributed by atoms with Gasteiger partial charge in [-0.3, -0.25) is 14.5 Å². The minimum Gasteiger partial charge on any atom is -0.450 e. The first kappa shape index (κ1) is 19.7. The van der Waals surface area contributed by atoms with E-state index in [1.165, 1.54) is 19.3 Å². The van der Waals surface area contributed by atoms with Gasteiger partial charge >= 0.3 is 6.09 Å². The first-order chi connectivity index (χ1) is 13.0. The Labute approximate surface area is 159 Å². The predicted octanol–water partition coefficient (Wildman–Crippen LogP) is 0.847. The quantitative estimate of drug-likeness (QED) is 0.735. The van der Waals surface area contributed by atoms with Crippen LogP contribution in [0.1, 0.15) is 33.1 Å². The second-order valence-corrected chi connectivity index (χ2v) is 7.36. The van der Waals surface area contributed by atoms with Gasteiger partial charge in [-0.25, -0.2) is 4.79 Å². The highest BCUT2D eigenvalue weighted by atomic mass is 16.6. The lowest BCUT2D eigenvalue weighted by molar-refractivity contribution is 0.105. The molecule has 0 aliphatic carbocycles. The van der Waals surface area contributed by atoms with Gasteiger partial charge in [-0.2, -0.15) is 0 Å². The number of hydrogen-bond acceptors (Lipinski definition) is 7. The second kappa shape index (κ2) is 8.73. The molecule has 27 heavy (non-hydrogen) atoms. The van der Waals surface area contributed by atoms with E-state index in [4.69, 9.17) is 4.74 Å². The van der Waals surface area contributed by atoms with Crippen molar-refractivity contribution in [3.8, 4) is 0 Å². The summed E-state index contributed by atoms with van der Waals surface area (Å²) in [6.07, 6.45) is 3.40. The fraction of sp³-hybridized carbons (Fsp3) is 0.737. The van der Waals surface area contributed by atoms with Crippen molar-refractivity contribution in [3.05, 3.63) is 20.4 Å². The molecule has 0 bridgehead atoms. The van der Waals surface area contributed by atoms with Crippen molar-refractivity contribution in [2.24, 2.45) is 0 Å². The number of carbonyl (C=O) groups is 1. The van der Waals surface area contributed by atoms with Crippen LogP contribution >= 0.6 is 0 Å². The zero-order chi connectivity index (χ0) is 19.4. The third-order valence-corrected chi connectivity index (χ3v) is 5.65. The molecular formula is C19H30N4O4. The van der Waals surface area contributed by atoms with E-state index in [-0.39, 0.29) is 6.09 Å². The van der Waals surface area contributed by atoms with E-state index in [1.807, 2.05) is 4.90 Å². The molecular weight excluding hydrogens is 348 g/mol. The molecule has 3 rings (SSSR count). The number of carbonyl (C=O) groups excluding carboxylic acids is 1. The first-order valence-electron chi connectivity index (χ1n) is 10.0. The third-order valence-electron chi connectivity index (χ3n) is 5.65. The van der Waals surface area contributed by atoms with E-state index >= 15 is 0 Å². The van der Waals surface area contributed by atoms with Crippen LogP contribution in [-0.2, 0) is 4.74 Å². The summed E-state index contributed by atoms with van der Waals surface area (Å²) in [5.74, 6) is 0. The lowest BCUT2D eigenvalue weighted by Crippen LogP contribution is -2.53. The largest absolute Gasteiger partial charge is 0.450 e. The number of nitrogens with zero attached hydrogens (tertiary/aromatic N) is 3. The summed E-state index contributed by atoms with van der Waals surface area (Å²) in [5.41, 5.74) is 0.0717. The minimum absolute atomic E-state index is 0.323. The molecule has 1 N–H and O–H groups in total. The Morgan fingerprint density at radius 1 is 1.11 bits per heavy atom. The van der Waals surface area contributed by atoms with Gasteiger partial charge in [0.15, 0.2) is 0 Å². The normalized spacial score (nSPS) is 21.5. The average Bonchev–Trinajstić information content (AvgIpc) is 2.68. The van der Waals surface area contributed by atoms with Crippen LogP contribution in [0.3, 0.4) is 0 Å². The highest BCUT2D eigenvalue weighted by Crippen LogP contribution is 2.22. The van der Waals surface area contributed by atoms with Crippen LogP contribution in [0.15, 0.2) is 9.59 Å². The maximum Gasteiger partial charge on any atom is 0.409 e. The Hall–Kier alpha value is -2.09. The topological polar surface area (TPSA) is 82.2 Å². The van der Waals surface area contributed by atoms with Gasteiger partial charge < -0.3 is 19.9 Å². The molecule has 0 spiro atoms. The van der Waals surface area contributed by atoms with E-state index in [0.29, 0.717) is 56.7 Å². The van der Waals surface area contributed by atoms with Crippen molar-refractivity contribution in [2.75, 3.05) is 62.6 Å². The fourth-order valence-corrected chi connectivity index (χ4v) is 3.99. The zero-order valence-corrected chi connectivity index (χ0v) is 16.3. The monoisotopic (exact) mass is 378 g/mol. The number of likely N-dealkylation sites (tertiary alicyclic amines) is 1. The average molecular weight is 378 g/mol. The van der Waals surface area contributed by atoms with Gasteiger partial charge in [-0.1, -0.05) is 6.42 Å². The van der Waals surface area contributed by atoms with E-state index in [9.17, 15) is 14.4 Å². The van der Waals surface area contributed by atoms with Gasteiger partial charge in [0, 0.05) is 45.3 Å². The summed E-state index contributed by atoms with van der Waals surface area (Å²) in [7, 11) is 0. The lowest BCUT2D eigenvalue weighted by atomic mass is 10.0. The molecule has 2 heterocycles. The molecule has 1 aromatic carbocycles. The van der Waals surface area contributed by atoms with Crippen molar-refractivity contribution in [3.63, 3.8) is 0 Å². The van der Waals surface area contributed by atoms with Gasteiger partial charge in [-0.05, 0) is 33.2 Å². The number of ether oxygens (including phenoxy) is 1. The summed E-state index contributed by atoms with van der Waals surface area (Å²) < 4.78 is 5.01. The van der Waals surface area contributed by atoms with Crippen LogP contribution in [-0.4, -0.2) is 74.4 Å². The highest BCUT2D eigenvalue weighted by Gasteiger charge is 2.30. The molecule has 1 atom stereocenters. The fourth-order valence-electron chi connectivity index (χ4n) is 3.99. The summed E-state index contributed by atoms with van der Waals surface area (Å²) in [6, 6.07) is 0.573. The van der Waals surface area contributed by atoms with Crippen LogP contribution in [0.4, 0.5) is 16.2 Å². The second-order valence-electron chi connectivity index (χ2n) is 7.36. The van der Waals surface area contributed by atoms with Gasteiger partial charge in [0.05, 0.1) is 6.61 Å². The molecule has 0 aromatic heterocycles. The molecule has 2 fully saturated rings. The summed E-state index contributed by atoms with van der Waals surface area (Å²) in [4.78, 5) is 41.9. The molecule has 1 amide bonds. The number of nitrogens with one attached hydrogen (secondary N) is 1.